The fourth-order valence-electron chi connectivity index (χ4n) is 2.87. The number of hydrogen-bond donors (Lipinski definition) is 1. The van der Waals surface area contributed by atoms with Crippen LogP contribution in [0.4, 0.5) is 5.82 Å². The molecule has 1 N–H and O–H groups in total. The van der Waals surface area contributed by atoms with Crippen molar-refractivity contribution in [3.8, 4) is 6.07 Å². The lowest BCUT2D eigenvalue weighted by atomic mass is 10.1. The van der Waals surface area contributed by atoms with Gasteiger partial charge in [-0.3, -0.25) is 4.79 Å². The molecule has 6 nitrogen and oxygen atoms in total. The van der Waals surface area contributed by atoms with E-state index < -0.39 is 10.7 Å². The number of pyridine rings is 1. The van der Waals surface area contributed by atoms with Crippen molar-refractivity contribution in [3.63, 3.8) is 0 Å². The van der Waals surface area contributed by atoms with Crippen LogP contribution in [0.1, 0.15) is 64.1 Å². The minimum atomic E-state index is -0.901. The molecule has 0 unspecified atom stereocenters. The Bertz CT molecular complexity index is 867. The van der Waals surface area contributed by atoms with Crippen LogP contribution in [0, 0.1) is 11.3 Å². The molecule has 2 rings (SSSR count). The molecule has 0 spiro atoms. The molecular formula is C22H31ClN4O2S2. The molecule has 0 aliphatic carbocycles. The number of carbonyl (C=O) groups is 1. The van der Waals surface area contributed by atoms with Crippen LogP contribution in [-0.4, -0.2) is 38.9 Å². The first-order chi connectivity index (χ1) is 14.4. The Morgan fingerprint density at radius 3 is 2.71 bits per heavy atom. The lowest BCUT2D eigenvalue weighted by molar-refractivity contribution is -0.138. The molecule has 2 heterocycles. The number of aromatic nitrogens is 2. The van der Waals surface area contributed by atoms with Gasteiger partial charge in [-0.05, 0) is 32.4 Å². The number of carboxylic acids is 1. The fraction of sp³-hybridized carbons (Fsp3) is 0.545. The molecule has 0 fully saturated rings. The molecule has 0 radical (unpaired) electrons. The first-order valence-electron chi connectivity index (χ1n) is 10.3. The van der Waals surface area contributed by atoms with E-state index in [1.165, 1.54) is 48.8 Å². The number of aliphatic carboxylic acids is 1. The first-order valence-corrected chi connectivity index (χ1v) is 12.0. The van der Waals surface area contributed by atoms with Gasteiger partial charge < -0.3 is 10.0 Å². The van der Waals surface area contributed by atoms with Crippen molar-refractivity contribution in [2.45, 2.75) is 68.4 Å². The SMILES string of the molecule is CCCCCCCN(CCc1csc(SC(C)(C)C(=O)O)n1)c1cc(C#N)ccn1.Cl. The van der Waals surface area contributed by atoms with Crippen molar-refractivity contribution < 1.29 is 9.90 Å². The second-order valence-electron chi connectivity index (χ2n) is 7.69. The van der Waals surface area contributed by atoms with E-state index in [2.05, 4.69) is 27.9 Å². The highest BCUT2D eigenvalue weighted by molar-refractivity contribution is 8.02. The largest absolute Gasteiger partial charge is 0.480 e. The Balaban J connectivity index is 0.00000480. The molecule has 0 amide bonds. The van der Waals surface area contributed by atoms with Crippen molar-refractivity contribution in [3.05, 3.63) is 35.0 Å². The fourth-order valence-corrected chi connectivity index (χ4v) is 5.10. The average Bonchev–Trinajstić information content (AvgIpc) is 3.16. The number of thioether (sulfide) groups is 1. The Hall–Kier alpha value is -1.82. The van der Waals surface area contributed by atoms with E-state index in [1.807, 2.05) is 11.4 Å². The van der Waals surface area contributed by atoms with Gasteiger partial charge in [-0.25, -0.2) is 9.97 Å². The average molecular weight is 483 g/mol. The Kier molecular flexibility index (Phi) is 11.9. The Morgan fingerprint density at radius 1 is 1.29 bits per heavy atom. The monoisotopic (exact) mass is 482 g/mol. The lowest BCUT2D eigenvalue weighted by Gasteiger charge is -2.23. The highest BCUT2D eigenvalue weighted by Gasteiger charge is 2.29. The van der Waals surface area contributed by atoms with Gasteiger partial charge in [-0.1, -0.05) is 44.4 Å². The molecule has 31 heavy (non-hydrogen) atoms. The predicted octanol–water partition coefficient (Wildman–Crippen LogP) is 5.81. The van der Waals surface area contributed by atoms with Crippen molar-refractivity contribution >= 4 is 47.3 Å². The summed E-state index contributed by atoms with van der Waals surface area (Å²) in [5.74, 6) is -0.0247. The van der Waals surface area contributed by atoms with Gasteiger partial charge in [0.1, 0.15) is 10.6 Å². The zero-order chi connectivity index (χ0) is 22.0. The third-order valence-corrected chi connectivity index (χ3v) is 6.93. The maximum absolute atomic E-state index is 11.3. The minimum absolute atomic E-state index is 0. The van der Waals surface area contributed by atoms with Crippen molar-refractivity contribution in [2.24, 2.45) is 0 Å². The van der Waals surface area contributed by atoms with E-state index in [0.717, 1.165) is 41.8 Å². The van der Waals surface area contributed by atoms with Crippen LogP contribution in [0.3, 0.4) is 0 Å². The number of rotatable bonds is 13. The van der Waals surface area contributed by atoms with Crippen LogP contribution in [0.2, 0.25) is 0 Å². The zero-order valence-electron chi connectivity index (χ0n) is 18.3. The molecule has 2 aromatic heterocycles. The van der Waals surface area contributed by atoms with Gasteiger partial charge >= 0.3 is 5.97 Å². The zero-order valence-corrected chi connectivity index (χ0v) is 20.8. The van der Waals surface area contributed by atoms with Gasteiger partial charge in [0.25, 0.3) is 0 Å². The molecule has 9 heteroatoms. The van der Waals surface area contributed by atoms with E-state index in [-0.39, 0.29) is 12.4 Å². The molecule has 0 aromatic carbocycles. The third kappa shape index (κ3) is 9.06. The number of unbranched alkanes of at least 4 members (excludes halogenated alkanes) is 4. The van der Waals surface area contributed by atoms with Crippen molar-refractivity contribution in [1.82, 2.24) is 9.97 Å². The molecule has 2 aromatic rings. The highest BCUT2D eigenvalue weighted by Crippen LogP contribution is 2.34. The number of anilines is 1. The standard InChI is InChI=1S/C22H30N4O2S2.ClH/c1-4-5-6-7-8-12-26(19-14-17(15-23)9-11-24-19)13-10-18-16-29-21(25-18)30-22(2,3)20(27)28;/h9,11,14,16H,4-8,10,12-13H2,1-3H3,(H,27,28);1H. The third-order valence-electron chi connectivity index (χ3n) is 4.76. The summed E-state index contributed by atoms with van der Waals surface area (Å²) in [6.07, 6.45) is 8.42. The Labute approximate surface area is 199 Å². The molecular weight excluding hydrogens is 452 g/mol. The summed E-state index contributed by atoms with van der Waals surface area (Å²) in [4.78, 5) is 22.7. The molecule has 0 aliphatic rings. The number of carboxylic acid groups (broad SMARTS) is 1. The Morgan fingerprint density at radius 2 is 2.03 bits per heavy atom. The van der Waals surface area contributed by atoms with Crippen LogP contribution in [-0.2, 0) is 11.2 Å². The van der Waals surface area contributed by atoms with Gasteiger partial charge in [0.05, 0.1) is 17.3 Å². The van der Waals surface area contributed by atoms with Crippen LogP contribution in [0.15, 0.2) is 28.0 Å². The van der Waals surface area contributed by atoms with E-state index in [0.29, 0.717) is 5.56 Å². The maximum atomic E-state index is 11.3. The lowest BCUT2D eigenvalue weighted by Crippen LogP contribution is -2.28. The molecule has 0 saturated carbocycles. The van der Waals surface area contributed by atoms with Gasteiger partial charge in [0.15, 0.2) is 4.34 Å². The summed E-state index contributed by atoms with van der Waals surface area (Å²) >= 11 is 2.76. The van der Waals surface area contributed by atoms with Crippen molar-refractivity contribution in [1.29, 1.82) is 5.26 Å². The second-order valence-corrected chi connectivity index (χ2v) is 10.4. The molecule has 0 atom stereocenters. The number of thiazole rings is 1. The minimum Gasteiger partial charge on any atom is -0.480 e. The summed E-state index contributed by atoms with van der Waals surface area (Å²) < 4.78 is -0.130. The highest BCUT2D eigenvalue weighted by atomic mass is 35.5. The molecule has 0 saturated heterocycles. The molecule has 0 aliphatic heterocycles. The number of halogens is 1. The quantitative estimate of drug-likeness (QED) is 0.284. The summed E-state index contributed by atoms with van der Waals surface area (Å²) in [6.45, 7) is 7.24. The van der Waals surface area contributed by atoms with Gasteiger partial charge in [-0.2, -0.15) is 5.26 Å². The first kappa shape index (κ1) is 27.2. The van der Waals surface area contributed by atoms with E-state index in [4.69, 9.17) is 0 Å². The van der Waals surface area contributed by atoms with Crippen LogP contribution in [0.5, 0.6) is 0 Å². The number of nitriles is 1. The summed E-state index contributed by atoms with van der Waals surface area (Å²) in [6, 6.07) is 5.74. The summed E-state index contributed by atoms with van der Waals surface area (Å²) in [5.41, 5.74) is 1.57. The van der Waals surface area contributed by atoms with Crippen LogP contribution >= 0.6 is 35.5 Å². The number of hydrogen-bond acceptors (Lipinski definition) is 7. The molecule has 170 valence electrons. The molecule has 0 bridgehead atoms. The maximum Gasteiger partial charge on any atom is 0.319 e. The normalized spacial score (nSPS) is 10.9. The van der Waals surface area contributed by atoms with E-state index >= 15 is 0 Å². The second kappa shape index (κ2) is 13.6. The number of nitrogens with zero attached hydrogens (tertiary/aromatic N) is 4. The van der Waals surface area contributed by atoms with Gasteiger partial charge in [0, 0.05) is 31.1 Å². The topological polar surface area (TPSA) is 90.1 Å². The summed E-state index contributed by atoms with van der Waals surface area (Å²) in [5, 5.41) is 20.5. The van der Waals surface area contributed by atoms with Crippen LogP contribution in [0.25, 0.3) is 0 Å². The van der Waals surface area contributed by atoms with Gasteiger partial charge in [-0.15, -0.1) is 23.7 Å². The van der Waals surface area contributed by atoms with Crippen LogP contribution < -0.4 is 4.90 Å². The smallest absolute Gasteiger partial charge is 0.319 e. The van der Waals surface area contributed by atoms with E-state index in [1.54, 1.807) is 26.1 Å². The summed E-state index contributed by atoms with van der Waals surface area (Å²) in [7, 11) is 0. The predicted molar refractivity (Wildman–Crippen MR) is 131 cm³/mol. The van der Waals surface area contributed by atoms with Gasteiger partial charge in [0.2, 0.25) is 0 Å². The van der Waals surface area contributed by atoms with E-state index in [9.17, 15) is 15.2 Å². The van der Waals surface area contributed by atoms with Crippen molar-refractivity contribution in [2.75, 3.05) is 18.0 Å².